The zero-order chi connectivity index (χ0) is 23.3. The van der Waals surface area contributed by atoms with E-state index in [0.29, 0.717) is 38.5 Å². The summed E-state index contributed by atoms with van der Waals surface area (Å²) in [5.74, 6) is 2.87. The first kappa shape index (κ1) is 22.3. The molecule has 5 fully saturated rings. The minimum Gasteiger partial charge on any atom is -0.339 e. The first-order chi connectivity index (χ1) is 16.5. The van der Waals surface area contributed by atoms with Gasteiger partial charge in [0.2, 0.25) is 11.8 Å². The summed E-state index contributed by atoms with van der Waals surface area (Å²) in [5.41, 5.74) is 3.19. The standard InChI is InChI=1S/C28H35N3O2S/c1-2-19-3-5-23(6-4-19)26-29-24(18-34-26)14-25(32)30-7-9-31(10-8-30)27(33)28-15-20-11-21(16-28)13-22(12-20)17-28/h3-6,18,20-22H,2,7-17H2,1H3. The lowest BCUT2D eigenvalue weighted by Gasteiger charge is -2.57. The van der Waals surface area contributed by atoms with Crippen LogP contribution in [-0.4, -0.2) is 52.8 Å². The molecule has 6 heteroatoms. The van der Waals surface area contributed by atoms with Crippen LogP contribution in [0.4, 0.5) is 0 Å². The van der Waals surface area contributed by atoms with Crippen molar-refractivity contribution >= 4 is 23.2 Å². The molecule has 0 unspecified atom stereocenters. The summed E-state index contributed by atoms with van der Waals surface area (Å²) in [4.78, 5) is 35.3. The van der Waals surface area contributed by atoms with Crippen molar-refractivity contribution in [2.24, 2.45) is 23.2 Å². The molecular formula is C28H35N3O2S. The van der Waals surface area contributed by atoms with Crippen LogP contribution in [-0.2, 0) is 22.4 Å². The van der Waals surface area contributed by atoms with E-state index in [2.05, 4.69) is 36.1 Å². The summed E-state index contributed by atoms with van der Waals surface area (Å²) >= 11 is 1.60. The minimum absolute atomic E-state index is 0.0761. The topological polar surface area (TPSA) is 53.5 Å². The van der Waals surface area contributed by atoms with Crippen LogP contribution in [0.25, 0.3) is 10.6 Å². The fourth-order valence-electron chi connectivity index (χ4n) is 7.54. The number of benzene rings is 1. The van der Waals surface area contributed by atoms with E-state index in [1.807, 2.05) is 10.3 Å². The number of aromatic nitrogens is 1. The summed E-state index contributed by atoms with van der Waals surface area (Å²) < 4.78 is 0. The zero-order valence-electron chi connectivity index (χ0n) is 20.2. The molecule has 34 heavy (non-hydrogen) atoms. The first-order valence-corrected chi connectivity index (χ1v) is 14.0. The van der Waals surface area contributed by atoms with Gasteiger partial charge in [-0.05, 0) is 68.3 Å². The van der Waals surface area contributed by atoms with E-state index in [-0.39, 0.29) is 11.3 Å². The maximum absolute atomic E-state index is 13.6. The van der Waals surface area contributed by atoms with Gasteiger partial charge in [-0.3, -0.25) is 9.59 Å². The molecule has 0 spiro atoms. The molecule has 1 saturated heterocycles. The zero-order valence-corrected chi connectivity index (χ0v) is 21.0. The molecule has 2 amide bonds. The lowest BCUT2D eigenvalue weighted by molar-refractivity contribution is -0.160. The Kier molecular flexibility index (Phi) is 5.75. The molecule has 4 aliphatic carbocycles. The van der Waals surface area contributed by atoms with E-state index in [9.17, 15) is 9.59 Å². The maximum atomic E-state index is 13.6. The van der Waals surface area contributed by atoms with Crippen LogP contribution >= 0.6 is 11.3 Å². The normalized spacial score (nSPS) is 30.1. The van der Waals surface area contributed by atoms with Gasteiger partial charge < -0.3 is 9.80 Å². The van der Waals surface area contributed by atoms with Gasteiger partial charge in [0.15, 0.2) is 0 Å². The Morgan fingerprint density at radius 3 is 2.12 bits per heavy atom. The van der Waals surface area contributed by atoms with E-state index in [1.54, 1.807) is 11.3 Å². The third kappa shape index (κ3) is 4.08. The molecule has 4 saturated carbocycles. The molecule has 2 heterocycles. The van der Waals surface area contributed by atoms with Gasteiger partial charge in [0.05, 0.1) is 17.5 Å². The Balaban J connectivity index is 1.04. The lowest BCUT2D eigenvalue weighted by Crippen LogP contribution is -2.58. The lowest BCUT2D eigenvalue weighted by atomic mass is 9.49. The first-order valence-electron chi connectivity index (χ1n) is 13.1. The van der Waals surface area contributed by atoms with Gasteiger partial charge in [0, 0.05) is 37.1 Å². The number of rotatable bonds is 5. The summed E-state index contributed by atoms with van der Waals surface area (Å²) in [7, 11) is 0. The van der Waals surface area contributed by atoms with Crippen molar-refractivity contribution < 1.29 is 9.59 Å². The molecule has 0 N–H and O–H groups in total. The van der Waals surface area contributed by atoms with Gasteiger partial charge in [-0.25, -0.2) is 4.98 Å². The quantitative estimate of drug-likeness (QED) is 0.621. The van der Waals surface area contributed by atoms with Crippen LogP contribution < -0.4 is 0 Å². The van der Waals surface area contributed by atoms with Gasteiger partial charge in [0.1, 0.15) is 5.01 Å². The van der Waals surface area contributed by atoms with Crippen molar-refractivity contribution in [3.63, 3.8) is 0 Å². The molecule has 1 aromatic heterocycles. The average molecular weight is 478 g/mol. The van der Waals surface area contributed by atoms with Crippen molar-refractivity contribution in [1.29, 1.82) is 0 Å². The van der Waals surface area contributed by atoms with Gasteiger partial charge in [-0.2, -0.15) is 0 Å². The van der Waals surface area contributed by atoms with Gasteiger partial charge >= 0.3 is 0 Å². The van der Waals surface area contributed by atoms with E-state index in [1.165, 1.54) is 24.8 Å². The monoisotopic (exact) mass is 477 g/mol. The third-order valence-electron chi connectivity index (χ3n) is 8.90. The Hall–Kier alpha value is -2.21. The van der Waals surface area contributed by atoms with Crippen LogP contribution in [0.3, 0.4) is 0 Å². The van der Waals surface area contributed by atoms with Gasteiger partial charge in [-0.1, -0.05) is 31.2 Å². The molecule has 1 aliphatic heterocycles. The highest BCUT2D eigenvalue weighted by atomic mass is 32.1. The molecule has 180 valence electrons. The largest absolute Gasteiger partial charge is 0.339 e. The van der Waals surface area contributed by atoms with Gasteiger partial charge in [-0.15, -0.1) is 11.3 Å². The maximum Gasteiger partial charge on any atom is 0.228 e. The molecule has 1 aromatic carbocycles. The van der Waals surface area contributed by atoms with Crippen molar-refractivity contribution in [2.75, 3.05) is 26.2 Å². The predicted octanol–water partition coefficient (Wildman–Crippen LogP) is 4.80. The van der Waals surface area contributed by atoms with Crippen LogP contribution in [0, 0.1) is 23.2 Å². The molecule has 2 aromatic rings. The highest BCUT2D eigenvalue weighted by Crippen LogP contribution is 2.60. The van der Waals surface area contributed by atoms with Gasteiger partial charge in [0.25, 0.3) is 0 Å². The highest BCUT2D eigenvalue weighted by Gasteiger charge is 2.55. The Labute approximate surface area is 206 Å². The van der Waals surface area contributed by atoms with Crippen LogP contribution in [0.2, 0.25) is 0 Å². The van der Waals surface area contributed by atoms with Crippen LogP contribution in [0.15, 0.2) is 29.6 Å². The second-order valence-corrected chi connectivity index (χ2v) is 12.1. The Bertz CT molecular complexity index is 1030. The molecule has 4 bridgehead atoms. The van der Waals surface area contributed by atoms with Crippen molar-refractivity contribution in [1.82, 2.24) is 14.8 Å². The van der Waals surface area contributed by atoms with E-state index in [4.69, 9.17) is 4.98 Å². The number of hydrogen-bond acceptors (Lipinski definition) is 4. The number of thiazole rings is 1. The predicted molar refractivity (Wildman–Crippen MR) is 134 cm³/mol. The number of amides is 2. The number of carbonyl (C=O) groups is 2. The number of hydrogen-bond donors (Lipinski definition) is 0. The second-order valence-electron chi connectivity index (χ2n) is 11.2. The van der Waals surface area contributed by atoms with E-state index in [0.717, 1.165) is 59.7 Å². The minimum atomic E-state index is -0.0761. The van der Waals surface area contributed by atoms with Crippen LogP contribution in [0.5, 0.6) is 0 Å². The highest BCUT2D eigenvalue weighted by molar-refractivity contribution is 7.13. The molecular weight excluding hydrogens is 442 g/mol. The Morgan fingerprint density at radius 1 is 0.941 bits per heavy atom. The summed E-state index contributed by atoms with van der Waals surface area (Å²) in [6, 6.07) is 8.52. The summed E-state index contributed by atoms with van der Waals surface area (Å²) in [6.07, 6.45) is 8.79. The molecule has 0 radical (unpaired) electrons. The number of aryl methyl sites for hydroxylation is 1. The smallest absolute Gasteiger partial charge is 0.228 e. The number of nitrogens with zero attached hydrogens (tertiary/aromatic N) is 3. The van der Waals surface area contributed by atoms with Crippen molar-refractivity contribution in [3.8, 4) is 10.6 Å². The number of carbonyl (C=O) groups excluding carboxylic acids is 2. The average Bonchev–Trinajstić information content (AvgIpc) is 3.31. The van der Waals surface area contributed by atoms with E-state index >= 15 is 0 Å². The molecule has 5 nitrogen and oxygen atoms in total. The van der Waals surface area contributed by atoms with Crippen LogP contribution in [0.1, 0.15) is 56.7 Å². The van der Waals surface area contributed by atoms with Crippen molar-refractivity contribution in [3.05, 3.63) is 40.9 Å². The fourth-order valence-corrected chi connectivity index (χ4v) is 8.36. The SMILES string of the molecule is CCc1ccc(-c2nc(CC(=O)N3CCN(C(=O)C45CC6CC(CC(C6)C4)C5)CC3)cs2)cc1. The number of piperazine rings is 1. The fraction of sp³-hybridized carbons (Fsp3) is 0.607. The second kappa shape index (κ2) is 8.78. The summed E-state index contributed by atoms with van der Waals surface area (Å²) in [5, 5.41) is 2.98. The molecule has 5 aliphatic rings. The Morgan fingerprint density at radius 2 is 1.53 bits per heavy atom. The molecule has 7 rings (SSSR count). The molecule has 0 atom stereocenters. The van der Waals surface area contributed by atoms with E-state index < -0.39 is 0 Å². The third-order valence-corrected chi connectivity index (χ3v) is 9.84. The summed E-state index contributed by atoms with van der Waals surface area (Å²) in [6.45, 7) is 4.80. The van der Waals surface area contributed by atoms with Crippen molar-refractivity contribution in [2.45, 2.75) is 58.3 Å².